The molecule has 0 saturated carbocycles. The minimum atomic E-state index is -0.398. The molecule has 2 N–H and O–H groups in total. The second-order valence-electron chi connectivity index (χ2n) is 6.61. The van der Waals surface area contributed by atoms with Crippen LogP contribution in [0.1, 0.15) is 32.3 Å². The summed E-state index contributed by atoms with van der Waals surface area (Å²) >= 11 is 0. The molecule has 1 saturated heterocycles. The maximum atomic E-state index is 12.4. The third-order valence-electron chi connectivity index (χ3n) is 4.64. The van der Waals surface area contributed by atoms with Gasteiger partial charge in [0.25, 0.3) is 0 Å². The fraction of sp³-hybridized carbons (Fsp3) is 0.333. The lowest BCUT2D eigenvalue weighted by Gasteiger charge is -2.19. The molecule has 0 aliphatic carbocycles. The highest BCUT2D eigenvalue weighted by molar-refractivity contribution is 5.97. The standard InChI is InChI=1S/C21H25N3O2/c1-3-16-9-11-17(12-10-16)23-21(26)15(2)22-18-6-4-7-19(14-18)24-13-5-8-20(24)25/h4,6-7,9-12,14-15,22H,3,5,8,13H2,1-2H3,(H,23,26)/t15-/m1/s1. The molecule has 2 aromatic rings. The molecule has 1 aliphatic heterocycles. The lowest BCUT2D eigenvalue weighted by molar-refractivity contribution is -0.117. The van der Waals surface area contributed by atoms with Crippen molar-refractivity contribution >= 4 is 28.9 Å². The molecule has 1 atom stereocenters. The first kappa shape index (κ1) is 18.0. The molecular weight excluding hydrogens is 326 g/mol. The van der Waals surface area contributed by atoms with Crippen LogP contribution in [-0.4, -0.2) is 24.4 Å². The summed E-state index contributed by atoms with van der Waals surface area (Å²) < 4.78 is 0. The van der Waals surface area contributed by atoms with E-state index in [4.69, 9.17) is 0 Å². The van der Waals surface area contributed by atoms with E-state index in [1.54, 1.807) is 4.90 Å². The summed E-state index contributed by atoms with van der Waals surface area (Å²) in [6.07, 6.45) is 2.47. The summed E-state index contributed by atoms with van der Waals surface area (Å²) in [5.41, 5.74) is 3.73. The lowest BCUT2D eigenvalue weighted by atomic mass is 10.1. The summed E-state index contributed by atoms with van der Waals surface area (Å²) in [5, 5.41) is 6.14. The van der Waals surface area contributed by atoms with Crippen LogP contribution < -0.4 is 15.5 Å². The van der Waals surface area contributed by atoms with Crippen molar-refractivity contribution in [1.82, 2.24) is 0 Å². The minimum absolute atomic E-state index is 0.100. The van der Waals surface area contributed by atoms with E-state index in [0.717, 1.165) is 36.4 Å². The number of nitrogens with one attached hydrogen (secondary N) is 2. The van der Waals surface area contributed by atoms with Crippen LogP contribution in [0, 0.1) is 0 Å². The molecule has 1 aliphatic rings. The molecule has 26 heavy (non-hydrogen) atoms. The Morgan fingerprint density at radius 1 is 1.15 bits per heavy atom. The zero-order chi connectivity index (χ0) is 18.5. The number of carbonyl (C=O) groups excluding carboxylic acids is 2. The molecule has 2 amide bonds. The van der Waals surface area contributed by atoms with Crippen molar-refractivity contribution < 1.29 is 9.59 Å². The minimum Gasteiger partial charge on any atom is -0.374 e. The number of hydrogen-bond donors (Lipinski definition) is 2. The zero-order valence-electron chi connectivity index (χ0n) is 15.3. The zero-order valence-corrected chi connectivity index (χ0v) is 15.3. The van der Waals surface area contributed by atoms with Gasteiger partial charge >= 0.3 is 0 Å². The predicted molar refractivity (Wildman–Crippen MR) is 106 cm³/mol. The van der Waals surface area contributed by atoms with Crippen molar-refractivity contribution in [3.8, 4) is 0 Å². The van der Waals surface area contributed by atoms with Crippen LogP contribution in [-0.2, 0) is 16.0 Å². The van der Waals surface area contributed by atoms with Crippen molar-refractivity contribution in [2.75, 3.05) is 22.1 Å². The molecule has 0 radical (unpaired) electrons. The molecule has 0 bridgehead atoms. The second-order valence-corrected chi connectivity index (χ2v) is 6.61. The van der Waals surface area contributed by atoms with Crippen molar-refractivity contribution in [3.63, 3.8) is 0 Å². The third-order valence-corrected chi connectivity index (χ3v) is 4.64. The van der Waals surface area contributed by atoms with Gasteiger partial charge in [-0.25, -0.2) is 0 Å². The van der Waals surface area contributed by atoms with Crippen molar-refractivity contribution in [1.29, 1.82) is 0 Å². The molecule has 5 nitrogen and oxygen atoms in total. The summed E-state index contributed by atoms with van der Waals surface area (Å²) in [4.78, 5) is 26.1. The molecule has 0 spiro atoms. The van der Waals surface area contributed by atoms with Gasteiger partial charge in [-0.2, -0.15) is 0 Å². The van der Waals surface area contributed by atoms with Gasteiger partial charge in [0.1, 0.15) is 6.04 Å². The fourth-order valence-electron chi connectivity index (χ4n) is 3.07. The SMILES string of the molecule is CCc1ccc(NC(=O)[C@@H](C)Nc2cccc(N3CCCC3=O)c2)cc1. The van der Waals surface area contributed by atoms with Crippen molar-refractivity contribution in [3.05, 3.63) is 54.1 Å². The van der Waals surface area contributed by atoms with Gasteiger partial charge in [0, 0.05) is 30.0 Å². The largest absolute Gasteiger partial charge is 0.374 e. The van der Waals surface area contributed by atoms with E-state index in [-0.39, 0.29) is 11.8 Å². The van der Waals surface area contributed by atoms with E-state index in [9.17, 15) is 9.59 Å². The molecule has 136 valence electrons. The number of anilines is 3. The quantitative estimate of drug-likeness (QED) is 0.832. The average Bonchev–Trinajstić information content (AvgIpc) is 3.08. The maximum absolute atomic E-state index is 12.4. The Balaban J connectivity index is 1.62. The topological polar surface area (TPSA) is 61.4 Å². The van der Waals surface area contributed by atoms with Gasteiger partial charge in [0.05, 0.1) is 0 Å². The summed E-state index contributed by atoms with van der Waals surface area (Å²) in [6.45, 7) is 4.68. The smallest absolute Gasteiger partial charge is 0.246 e. The highest BCUT2D eigenvalue weighted by atomic mass is 16.2. The van der Waals surface area contributed by atoms with E-state index in [1.165, 1.54) is 5.56 Å². The Labute approximate surface area is 154 Å². The Morgan fingerprint density at radius 3 is 2.58 bits per heavy atom. The Morgan fingerprint density at radius 2 is 1.92 bits per heavy atom. The monoisotopic (exact) mass is 351 g/mol. The van der Waals surface area contributed by atoms with Gasteiger partial charge in [-0.3, -0.25) is 9.59 Å². The predicted octanol–water partition coefficient (Wildman–Crippen LogP) is 3.81. The normalized spacial score (nSPS) is 15.0. The highest BCUT2D eigenvalue weighted by Crippen LogP contribution is 2.24. The van der Waals surface area contributed by atoms with Crippen LogP contribution in [0.5, 0.6) is 0 Å². The number of amides is 2. The molecule has 5 heteroatoms. The van der Waals surface area contributed by atoms with Gasteiger partial charge in [-0.15, -0.1) is 0 Å². The van der Waals surface area contributed by atoms with Gasteiger partial charge in [-0.1, -0.05) is 25.1 Å². The molecule has 3 rings (SSSR count). The van der Waals surface area contributed by atoms with Crippen LogP contribution in [0.4, 0.5) is 17.1 Å². The van der Waals surface area contributed by atoms with Crippen molar-refractivity contribution in [2.24, 2.45) is 0 Å². The maximum Gasteiger partial charge on any atom is 0.246 e. The van der Waals surface area contributed by atoms with Gasteiger partial charge in [0.15, 0.2) is 0 Å². The van der Waals surface area contributed by atoms with Crippen molar-refractivity contribution in [2.45, 2.75) is 39.2 Å². The average molecular weight is 351 g/mol. The van der Waals surface area contributed by atoms with E-state index >= 15 is 0 Å². The summed E-state index contributed by atoms with van der Waals surface area (Å²) in [7, 11) is 0. The molecule has 0 aromatic heterocycles. The van der Waals surface area contributed by atoms with Crippen LogP contribution in [0.25, 0.3) is 0 Å². The first-order valence-corrected chi connectivity index (χ1v) is 9.13. The van der Waals surface area contributed by atoms with Gasteiger partial charge in [-0.05, 0) is 55.7 Å². The first-order chi connectivity index (χ1) is 12.6. The summed E-state index contributed by atoms with van der Waals surface area (Å²) in [5.74, 6) is 0.0559. The van der Waals surface area contributed by atoms with E-state index in [2.05, 4.69) is 17.6 Å². The Kier molecular flexibility index (Phi) is 5.56. The number of benzene rings is 2. The molecule has 1 heterocycles. The first-order valence-electron chi connectivity index (χ1n) is 9.13. The number of aryl methyl sites for hydroxylation is 1. The lowest BCUT2D eigenvalue weighted by Crippen LogP contribution is -2.32. The number of nitrogens with zero attached hydrogens (tertiary/aromatic N) is 1. The van der Waals surface area contributed by atoms with E-state index in [1.807, 2.05) is 55.5 Å². The van der Waals surface area contributed by atoms with E-state index in [0.29, 0.717) is 6.42 Å². The summed E-state index contributed by atoms with van der Waals surface area (Å²) in [6, 6.07) is 15.1. The molecular formula is C21H25N3O2. The van der Waals surface area contributed by atoms with E-state index < -0.39 is 6.04 Å². The number of hydrogen-bond acceptors (Lipinski definition) is 3. The van der Waals surface area contributed by atoms with Gasteiger partial charge < -0.3 is 15.5 Å². The van der Waals surface area contributed by atoms with Crippen LogP contribution in [0.15, 0.2) is 48.5 Å². The van der Waals surface area contributed by atoms with Crippen LogP contribution in [0.3, 0.4) is 0 Å². The third kappa shape index (κ3) is 4.23. The number of carbonyl (C=O) groups is 2. The Hall–Kier alpha value is -2.82. The Bertz CT molecular complexity index is 786. The fourth-order valence-corrected chi connectivity index (χ4v) is 3.07. The highest BCUT2D eigenvalue weighted by Gasteiger charge is 2.22. The van der Waals surface area contributed by atoms with Crippen LogP contribution >= 0.6 is 0 Å². The molecule has 0 unspecified atom stereocenters. The second kappa shape index (κ2) is 8.04. The molecule has 1 fully saturated rings. The van der Waals surface area contributed by atoms with Crippen LogP contribution in [0.2, 0.25) is 0 Å². The molecule has 2 aromatic carbocycles. The number of rotatable bonds is 6. The van der Waals surface area contributed by atoms with Gasteiger partial charge in [0.2, 0.25) is 11.8 Å².